The van der Waals surface area contributed by atoms with Crippen LogP contribution in [-0.2, 0) is 6.42 Å². The minimum Gasteiger partial charge on any atom is -0.360 e. The molecule has 2 aromatic carbocycles. The van der Waals surface area contributed by atoms with E-state index in [0.717, 1.165) is 59.7 Å². The van der Waals surface area contributed by atoms with Crippen LogP contribution in [0.25, 0.3) is 22.2 Å². The van der Waals surface area contributed by atoms with Crippen LogP contribution in [0.15, 0.2) is 60.9 Å². The quantitative estimate of drug-likeness (QED) is 0.327. The van der Waals surface area contributed by atoms with Crippen LogP contribution in [0.4, 0.5) is 5.95 Å². The van der Waals surface area contributed by atoms with E-state index >= 15 is 0 Å². The van der Waals surface area contributed by atoms with E-state index in [1.165, 1.54) is 19.3 Å². The number of anilines is 1. The van der Waals surface area contributed by atoms with Crippen molar-refractivity contribution < 1.29 is 4.79 Å². The highest BCUT2D eigenvalue weighted by Gasteiger charge is 2.20. The Morgan fingerprint density at radius 1 is 1.13 bits per heavy atom. The molecule has 8 heteroatoms. The van der Waals surface area contributed by atoms with E-state index in [2.05, 4.69) is 38.3 Å². The van der Waals surface area contributed by atoms with Gasteiger partial charge in [-0.25, -0.2) is 15.0 Å². The van der Waals surface area contributed by atoms with Gasteiger partial charge in [-0.2, -0.15) is 5.26 Å². The largest absolute Gasteiger partial charge is 0.360 e. The summed E-state index contributed by atoms with van der Waals surface area (Å²) in [6.07, 6.45) is 8.93. The van der Waals surface area contributed by atoms with Crippen molar-refractivity contribution in [1.82, 2.24) is 25.3 Å². The van der Waals surface area contributed by atoms with Gasteiger partial charge in [-0.3, -0.25) is 9.80 Å². The normalized spacial score (nSPS) is 13.8. The predicted molar refractivity (Wildman–Crippen MR) is 150 cm³/mol. The summed E-state index contributed by atoms with van der Waals surface area (Å²) in [4.78, 5) is 25.3. The monoisotopic (exact) mass is 507 g/mol. The highest BCUT2D eigenvalue weighted by Crippen LogP contribution is 2.23. The average molecular weight is 508 g/mol. The number of fused-ring (bicyclic) bond motifs is 1. The Bertz CT molecular complexity index is 1430. The number of piperidine rings is 1. The molecule has 1 aliphatic rings. The Hall–Kier alpha value is -4.22. The number of H-pyrrole nitrogens is 1. The molecule has 1 aliphatic heterocycles. The molecule has 194 valence electrons. The minimum atomic E-state index is -0.111. The number of nitrogens with zero attached hydrogens (tertiary/aromatic N) is 5. The summed E-state index contributed by atoms with van der Waals surface area (Å²) in [5.41, 5.74) is 5.05. The summed E-state index contributed by atoms with van der Waals surface area (Å²) in [7, 11) is 0. The molecule has 38 heavy (non-hydrogen) atoms. The SMILES string of the molecule is CCCN(c1nccc(-c2ccc(C(=O)NCCc3ccc4[nH]cc(C#N)c4c3)cc2)n1)N1CCCCC1. The van der Waals surface area contributed by atoms with Crippen LogP contribution in [0.3, 0.4) is 0 Å². The zero-order valence-corrected chi connectivity index (χ0v) is 21.8. The fraction of sp³-hybridized carbons (Fsp3) is 0.333. The van der Waals surface area contributed by atoms with Gasteiger partial charge in [0, 0.05) is 60.6 Å². The average Bonchev–Trinajstić information content (AvgIpc) is 3.39. The number of carbonyl (C=O) groups excluding carboxylic acids is 1. The lowest BCUT2D eigenvalue weighted by Gasteiger charge is -2.37. The second-order valence-corrected chi connectivity index (χ2v) is 9.66. The molecule has 0 atom stereocenters. The molecular formula is C30H33N7O. The van der Waals surface area contributed by atoms with E-state index in [0.29, 0.717) is 24.1 Å². The number of hydrogen-bond acceptors (Lipinski definition) is 6. The van der Waals surface area contributed by atoms with Crippen molar-refractivity contribution in [3.05, 3.63) is 77.6 Å². The number of aromatic nitrogens is 3. The molecule has 0 unspecified atom stereocenters. The molecule has 0 bridgehead atoms. The molecule has 5 rings (SSSR count). The maximum absolute atomic E-state index is 12.7. The maximum atomic E-state index is 12.7. The predicted octanol–water partition coefficient (Wildman–Crippen LogP) is 5.09. The molecule has 1 saturated heterocycles. The van der Waals surface area contributed by atoms with E-state index in [4.69, 9.17) is 4.98 Å². The second kappa shape index (κ2) is 11.9. The zero-order chi connectivity index (χ0) is 26.3. The third kappa shape index (κ3) is 5.68. The van der Waals surface area contributed by atoms with Crippen molar-refractivity contribution >= 4 is 22.8 Å². The van der Waals surface area contributed by atoms with Crippen LogP contribution >= 0.6 is 0 Å². The smallest absolute Gasteiger partial charge is 0.251 e. The molecule has 0 saturated carbocycles. The number of nitriles is 1. The molecular weight excluding hydrogens is 474 g/mol. The van der Waals surface area contributed by atoms with Crippen LogP contribution in [0, 0.1) is 11.3 Å². The van der Waals surface area contributed by atoms with E-state index in [1.54, 1.807) is 6.20 Å². The molecule has 0 aliphatic carbocycles. The summed E-state index contributed by atoms with van der Waals surface area (Å²) in [5, 5.41) is 17.8. The van der Waals surface area contributed by atoms with Crippen LogP contribution in [-0.4, -0.2) is 52.0 Å². The Kier molecular flexibility index (Phi) is 7.95. The Labute approximate surface area is 223 Å². The van der Waals surface area contributed by atoms with Gasteiger partial charge in [0.25, 0.3) is 5.91 Å². The summed E-state index contributed by atoms with van der Waals surface area (Å²) in [6.45, 7) is 5.66. The summed E-state index contributed by atoms with van der Waals surface area (Å²) in [5.74, 6) is 0.618. The number of hydrazine groups is 1. The minimum absolute atomic E-state index is 0.111. The van der Waals surface area contributed by atoms with Crippen LogP contribution in [0.5, 0.6) is 0 Å². The molecule has 1 fully saturated rings. The molecule has 2 aromatic heterocycles. The fourth-order valence-corrected chi connectivity index (χ4v) is 4.96. The number of hydrogen-bond donors (Lipinski definition) is 2. The van der Waals surface area contributed by atoms with Gasteiger partial charge in [-0.15, -0.1) is 0 Å². The van der Waals surface area contributed by atoms with Crippen molar-refractivity contribution in [2.75, 3.05) is 31.2 Å². The van der Waals surface area contributed by atoms with Gasteiger partial charge < -0.3 is 10.3 Å². The number of aromatic amines is 1. The van der Waals surface area contributed by atoms with Gasteiger partial charge in [-0.05, 0) is 61.6 Å². The van der Waals surface area contributed by atoms with E-state index in [9.17, 15) is 10.1 Å². The highest BCUT2D eigenvalue weighted by molar-refractivity contribution is 5.94. The lowest BCUT2D eigenvalue weighted by Crippen LogP contribution is -2.47. The standard InChI is InChI=1S/C30H33N7O/c1-2-16-37(36-17-4-3-5-18-36)30-33-15-13-27(35-30)23-7-9-24(10-8-23)29(38)32-14-12-22-6-11-28-26(19-22)25(20-31)21-34-28/h6-11,13,15,19,21,34H,2-5,12,14,16-18H2,1H3,(H,32,38). The Morgan fingerprint density at radius 3 is 2.71 bits per heavy atom. The van der Waals surface area contributed by atoms with Crippen molar-refractivity contribution in [1.29, 1.82) is 5.26 Å². The van der Waals surface area contributed by atoms with Gasteiger partial charge in [0.15, 0.2) is 0 Å². The van der Waals surface area contributed by atoms with E-state index in [-0.39, 0.29) is 5.91 Å². The highest BCUT2D eigenvalue weighted by atomic mass is 16.1. The second-order valence-electron chi connectivity index (χ2n) is 9.66. The van der Waals surface area contributed by atoms with Gasteiger partial charge in [0.05, 0.1) is 11.3 Å². The first kappa shape index (κ1) is 25.4. The Morgan fingerprint density at radius 2 is 1.95 bits per heavy atom. The van der Waals surface area contributed by atoms with Gasteiger partial charge in [-0.1, -0.05) is 31.5 Å². The van der Waals surface area contributed by atoms with Gasteiger partial charge in [0.1, 0.15) is 6.07 Å². The number of rotatable bonds is 9. The van der Waals surface area contributed by atoms with Crippen LogP contribution in [0.1, 0.15) is 54.1 Å². The van der Waals surface area contributed by atoms with Gasteiger partial charge >= 0.3 is 0 Å². The first-order valence-electron chi connectivity index (χ1n) is 13.4. The van der Waals surface area contributed by atoms with E-state index < -0.39 is 0 Å². The Balaban J connectivity index is 1.22. The zero-order valence-electron chi connectivity index (χ0n) is 21.8. The number of carbonyl (C=O) groups is 1. The first-order chi connectivity index (χ1) is 18.7. The third-order valence-corrected chi connectivity index (χ3v) is 6.99. The van der Waals surface area contributed by atoms with Gasteiger partial charge in [0.2, 0.25) is 5.95 Å². The first-order valence-corrected chi connectivity index (χ1v) is 13.4. The van der Waals surface area contributed by atoms with Crippen LogP contribution in [0.2, 0.25) is 0 Å². The van der Waals surface area contributed by atoms with Crippen molar-refractivity contribution in [2.24, 2.45) is 0 Å². The molecule has 2 N–H and O–H groups in total. The lowest BCUT2D eigenvalue weighted by atomic mass is 10.1. The molecule has 1 amide bonds. The summed E-state index contributed by atoms with van der Waals surface area (Å²) in [6, 6.07) is 17.7. The molecule has 0 spiro atoms. The van der Waals surface area contributed by atoms with E-state index in [1.807, 2.05) is 54.7 Å². The number of nitrogens with one attached hydrogen (secondary N) is 2. The van der Waals surface area contributed by atoms with Crippen molar-refractivity contribution in [2.45, 2.75) is 39.0 Å². The molecule has 4 aromatic rings. The van der Waals surface area contributed by atoms with Crippen molar-refractivity contribution in [3.8, 4) is 17.3 Å². The molecule has 0 radical (unpaired) electrons. The lowest BCUT2D eigenvalue weighted by molar-refractivity contribution is 0.0954. The summed E-state index contributed by atoms with van der Waals surface area (Å²) < 4.78 is 0. The number of benzene rings is 2. The molecule has 3 heterocycles. The van der Waals surface area contributed by atoms with Crippen molar-refractivity contribution in [3.63, 3.8) is 0 Å². The topological polar surface area (TPSA) is 101 Å². The fourth-order valence-electron chi connectivity index (χ4n) is 4.96. The third-order valence-electron chi connectivity index (χ3n) is 6.99. The number of amides is 1. The van der Waals surface area contributed by atoms with Crippen LogP contribution < -0.4 is 10.3 Å². The summed E-state index contributed by atoms with van der Waals surface area (Å²) >= 11 is 0. The molecule has 8 nitrogen and oxygen atoms in total. The maximum Gasteiger partial charge on any atom is 0.251 e.